The number of ether oxygens (including phenoxy) is 1. The van der Waals surface area contributed by atoms with Crippen molar-refractivity contribution in [1.82, 2.24) is 4.98 Å². The normalized spacial score (nSPS) is 15.6. The van der Waals surface area contributed by atoms with Gasteiger partial charge in [-0.2, -0.15) is 0 Å². The van der Waals surface area contributed by atoms with Gasteiger partial charge in [0, 0.05) is 10.9 Å². The van der Waals surface area contributed by atoms with Gasteiger partial charge in [-0.3, -0.25) is 0 Å². The number of hydrogen-bond acceptors (Lipinski definition) is 7. The van der Waals surface area contributed by atoms with Crippen molar-refractivity contribution in [2.45, 2.75) is 5.92 Å². The van der Waals surface area contributed by atoms with Gasteiger partial charge in [-0.25, -0.2) is 9.78 Å². The molecule has 2 aromatic carbocycles. The van der Waals surface area contributed by atoms with Crippen LogP contribution in [0.15, 0.2) is 97.9 Å². The van der Waals surface area contributed by atoms with Crippen molar-refractivity contribution in [3.05, 3.63) is 111 Å². The summed E-state index contributed by atoms with van der Waals surface area (Å²) in [5, 5.41) is 3.29. The standard InChI is InChI=1S/C25H16N2O4S/c26-23-21(24-27-16(13-32-24)14-7-2-1-3-8-14)19(18-11-6-12-29-18)20-22(31-23)15-9-4-5-10-17(15)30-25(20)28/h1-13,19H,26H2. The number of furan rings is 1. The average molecular weight is 440 g/mol. The molecule has 2 N–H and O–H groups in total. The van der Waals surface area contributed by atoms with Gasteiger partial charge in [0.1, 0.15) is 16.4 Å². The maximum Gasteiger partial charge on any atom is 0.344 e. The van der Waals surface area contributed by atoms with Crippen LogP contribution in [0.1, 0.15) is 22.2 Å². The van der Waals surface area contributed by atoms with Gasteiger partial charge in [0.15, 0.2) is 11.6 Å². The van der Waals surface area contributed by atoms with Crippen LogP contribution in [0.4, 0.5) is 0 Å². The number of thiazole rings is 1. The van der Waals surface area contributed by atoms with Gasteiger partial charge in [-0.05, 0) is 24.3 Å². The number of aromatic nitrogens is 1. The second-order valence-corrected chi connectivity index (χ2v) is 8.22. The molecular formula is C25H16N2O4S. The van der Waals surface area contributed by atoms with Crippen molar-refractivity contribution in [2.24, 2.45) is 5.73 Å². The zero-order valence-electron chi connectivity index (χ0n) is 16.6. The SMILES string of the molecule is NC1=C(c2nc(-c3ccccc3)cs2)C(c2ccco2)c2c(c3ccccc3oc2=O)O1. The number of hydrogen-bond donors (Lipinski definition) is 1. The van der Waals surface area contributed by atoms with Gasteiger partial charge in [-0.15, -0.1) is 11.3 Å². The molecule has 0 amide bonds. The van der Waals surface area contributed by atoms with Crippen molar-refractivity contribution < 1.29 is 13.6 Å². The molecule has 1 aliphatic heterocycles. The number of allylic oxidation sites excluding steroid dienone is 1. The molecule has 156 valence electrons. The highest BCUT2D eigenvalue weighted by Gasteiger charge is 2.38. The van der Waals surface area contributed by atoms with E-state index in [2.05, 4.69) is 0 Å². The fraction of sp³-hybridized carbons (Fsp3) is 0.0400. The molecule has 1 unspecified atom stereocenters. The maximum atomic E-state index is 13.1. The highest BCUT2D eigenvalue weighted by molar-refractivity contribution is 7.11. The van der Waals surface area contributed by atoms with Gasteiger partial charge < -0.3 is 19.3 Å². The highest BCUT2D eigenvalue weighted by Crippen LogP contribution is 2.48. The minimum Gasteiger partial charge on any atom is -0.468 e. The maximum absolute atomic E-state index is 13.1. The lowest BCUT2D eigenvalue weighted by molar-refractivity contribution is 0.390. The van der Waals surface area contributed by atoms with Crippen LogP contribution in [0.5, 0.6) is 5.75 Å². The molecule has 0 fully saturated rings. The second-order valence-electron chi connectivity index (χ2n) is 7.36. The minimum atomic E-state index is -0.607. The molecule has 3 aromatic heterocycles. The summed E-state index contributed by atoms with van der Waals surface area (Å²) in [5.74, 6) is 0.527. The number of benzene rings is 2. The van der Waals surface area contributed by atoms with Crippen LogP contribution in [-0.2, 0) is 0 Å². The molecule has 0 saturated heterocycles. The van der Waals surface area contributed by atoms with Crippen LogP contribution in [0.2, 0.25) is 0 Å². The van der Waals surface area contributed by atoms with Gasteiger partial charge in [-0.1, -0.05) is 42.5 Å². The van der Waals surface area contributed by atoms with E-state index in [9.17, 15) is 4.79 Å². The van der Waals surface area contributed by atoms with E-state index >= 15 is 0 Å². The van der Waals surface area contributed by atoms with Crippen LogP contribution >= 0.6 is 11.3 Å². The van der Waals surface area contributed by atoms with Crippen LogP contribution in [-0.4, -0.2) is 4.98 Å². The van der Waals surface area contributed by atoms with Crippen LogP contribution in [0.3, 0.4) is 0 Å². The van der Waals surface area contributed by atoms with E-state index in [1.807, 2.05) is 53.9 Å². The topological polar surface area (TPSA) is 91.5 Å². The van der Waals surface area contributed by atoms with E-state index in [0.29, 0.717) is 38.6 Å². The molecule has 6 rings (SSSR count). The molecule has 6 nitrogen and oxygen atoms in total. The predicted octanol–water partition coefficient (Wildman–Crippen LogP) is 5.36. The first-order chi connectivity index (χ1) is 15.7. The van der Waals surface area contributed by atoms with Crippen molar-refractivity contribution in [2.75, 3.05) is 0 Å². The van der Waals surface area contributed by atoms with E-state index in [1.54, 1.807) is 24.5 Å². The Bertz CT molecular complexity index is 1530. The van der Waals surface area contributed by atoms with Crippen molar-refractivity contribution in [3.63, 3.8) is 0 Å². The van der Waals surface area contributed by atoms with Gasteiger partial charge >= 0.3 is 5.63 Å². The Kier molecular flexibility index (Phi) is 4.22. The summed E-state index contributed by atoms with van der Waals surface area (Å²) < 4.78 is 17.4. The van der Waals surface area contributed by atoms with E-state index in [1.165, 1.54) is 11.3 Å². The van der Waals surface area contributed by atoms with Crippen molar-refractivity contribution >= 4 is 27.9 Å². The third kappa shape index (κ3) is 2.86. The van der Waals surface area contributed by atoms with E-state index in [-0.39, 0.29) is 5.88 Å². The largest absolute Gasteiger partial charge is 0.468 e. The fourth-order valence-electron chi connectivity index (χ4n) is 4.05. The van der Waals surface area contributed by atoms with Gasteiger partial charge in [0.05, 0.1) is 34.4 Å². The first-order valence-electron chi connectivity index (χ1n) is 9.98. The Labute approximate surface area is 186 Å². The second kappa shape index (κ2) is 7.25. The monoisotopic (exact) mass is 440 g/mol. The smallest absolute Gasteiger partial charge is 0.344 e. The summed E-state index contributed by atoms with van der Waals surface area (Å²) in [5.41, 5.74) is 9.15. The number of nitrogens with zero attached hydrogens (tertiary/aromatic N) is 1. The van der Waals surface area contributed by atoms with E-state index < -0.39 is 11.5 Å². The number of para-hydroxylation sites is 1. The summed E-state index contributed by atoms with van der Waals surface area (Å²) >= 11 is 1.44. The molecule has 1 atom stereocenters. The van der Waals surface area contributed by atoms with E-state index in [0.717, 1.165) is 11.3 Å². The fourth-order valence-corrected chi connectivity index (χ4v) is 4.96. The van der Waals surface area contributed by atoms with Gasteiger partial charge in [0.25, 0.3) is 0 Å². The lowest BCUT2D eigenvalue weighted by Crippen LogP contribution is -2.26. The Hall–Kier alpha value is -4.10. The zero-order chi connectivity index (χ0) is 21.7. The summed E-state index contributed by atoms with van der Waals surface area (Å²) in [6.45, 7) is 0. The highest BCUT2D eigenvalue weighted by atomic mass is 32.1. The van der Waals surface area contributed by atoms with Gasteiger partial charge in [0.2, 0.25) is 0 Å². The van der Waals surface area contributed by atoms with E-state index in [4.69, 9.17) is 24.3 Å². The Balaban J connectivity index is 1.59. The first-order valence-corrected chi connectivity index (χ1v) is 10.9. The molecule has 0 spiro atoms. The number of fused-ring (bicyclic) bond motifs is 3. The number of nitrogens with two attached hydrogens (primary N) is 1. The lowest BCUT2D eigenvalue weighted by atomic mass is 9.87. The summed E-state index contributed by atoms with van der Waals surface area (Å²) in [4.78, 5) is 17.9. The third-order valence-electron chi connectivity index (χ3n) is 5.49. The minimum absolute atomic E-state index is 0.184. The quantitative estimate of drug-likeness (QED) is 0.380. The van der Waals surface area contributed by atoms with Crippen LogP contribution in [0, 0.1) is 0 Å². The molecule has 1 aliphatic rings. The van der Waals surface area contributed by atoms with Crippen LogP contribution < -0.4 is 16.1 Å². The molecule has 0 radical (unpaired) electrons. The summed E-state index contributed by atoms with van der Waals surface area (Å²) in [6.07, 6.45) is 1.57. The molecule has 4 heterocycles. The molecule has 32 heavy (non-hydrogen) atoms. The molecule has 7 heteroatoms. The molecule has 0 saturated carbocycles. The first kappa shape index (κ1) is 18.7. The Morgan fingerprint density at radius 2 is 1.78 bits per heavy atom. The van der Waals surface area contributed by atoms with Crippen molar-refractivity contribution in [1.29, 1.82) is 0 Å². The molecule has 5 aromatic rings. The molecule has 0 aliphatic carbocycles. The van der Waals surface area contributed by atoms with Crippen LogP contribution in [0.25, 0.3) is 27.8 Å². The third-order valence-corrected chi connectivity index (χ3v) is 6.36. The number of rotatable bonds is 3. The summed E-state index contributed by atoms with van der Waals surface area (Å²) in [6, 6.07) is 20.7. The lowest BCUT2D eigenvalue weighted by Gasteiger charge is -2.26. The Morgan fingerprint density at radius 1 is 0.969 bits per heavy atom. The zero-order valence-corrected chi connectivity index (χ0v) is 17.5. The van der Waals surface area contributed by atoms with Crippen molar-refractivity contribution in [3.8, 4) is 17.0 Å². The molecule has 0 bridgehead atoms. The Morgan fingerprint density at radius 3 is 2.59 bits per heavy atom. The predicted molar refractivity (Wildman–Crippen MR) is 122 cm³/mol. The average Bonchev–Trinajstić information content (AvgIpc) is 3.51. The summed E-state index contributed by atoms with van der Waals surface area (Å²) in [7, 11) is 0. The molecular weight excluding hydrogens is 424 g/mol.